The Morgan fingerprint density at radius 1 is 1.33 bits per heavy atom. The second-order valence-corrected chi connectivity index (χ2v) is 6.05. The molecule has 0 aromatic carbocycles. The van der Waals surface area contributed by atoms with Gasteiger partial charge in [-0.2, -0.15) is 0 Å². The maximum atomic E-state index is 9.98. The normalized spacial score (nSPS) is 26.6. The number of rotatable bonds is 3. The monoisotopic (exact) mass is 213 g/mol. The fourth-order valence-electron chi connectivity index (χ4n) is 2.21. The third-order valence-electron chi connectivity index (χ3n) is 3.63. The molecule has 2 atom stereocenters. The van der Waals surface area contributed by atoms with E-state index in [1.807, 2.05) is 0 Å². The first kappa shape index (κ1) is 13.0. The van der Waals surface area contributed by atoms with Gasteiger partial charge in [-0.3, -0.25) is 0 Å². The molecule has 1 aliphatic rings. The predicted molar refractivity (Wildman–Crippen MR) is 65.0 cm³/mol. The first-order chi connectivity index (χ1) is 6.91. The van der Waals surface area contributed by atoms with Crippen LogP contribution in [0.5, 0.6) is 0 Å². The summed E-state index contributed by atoms with van der Waals surface area (Å²) in [7, 11) is 0. The number of piperidine rings is 1. The Labute approximate surface area is 94.7 Å². The molecule has 1 fully saturated rings. The number of hydrogen-bond acceptors (Lipinski definition) is 2. The van der Waals surface area contributed by atoms with Crippen LogP contribution >= 0.6 is 0 Å². The summed E-state index contributed by atoms with van der Waals surface area (Å²) in [6.07, 6.45) is 4.76. The highest BCUT2D eigenvalue weighted by Gasteiger charge is 2.24. The molecule has 0 spiro atoms. The molecule has 0 aromatic heterocycles. The van der Waals surface area contributed by atoms with Crippen LogP contribution in [0.1, 0.15) is 53.4 Å². The van der Waals surface area contributed by atoms with Gasteiger partial charge in [0.15, 0.2) is 0 Å². The van der Waals surface area contributed by atoms with Gasteiger partial charge in [0.05, 0.1) is 6.10 Å². The van der Waals surface area contributed by atoms with E-state index in [2.05, 4.69) is 32.6 Å². The number of aliphatic hydroxyl groups is 1. The zero-order valence-corrected chi connectivity index (χ0v) is 10.8. The number of hydrogen-bond donors (Lipinski definition) is 1. The molecule has 1 heterocycles. The number of nitrogens with zero attached hydrogens (tertiary/aromatic N) is 1. The molecule has 90 valence electrons. The van der Waals surface area contributed by atoms with Crippen molar-refractivity contribution in [2.45, 2.75) is 65.5 Å². The van der Waals surface area contributed by atoms with Gasteiger partial charge in [0, 0.05) is 12.6 Å². The highest BCUT2D eigenvalue weighted by Crippen LogP contribution is 2.23. The van der Waals surface area contributed by atoms with Gasteiger partial charge in [-0.1, -0.05) is 27.2 Å². The van der Waals surface area contributed by atoms with Crippen molar-refractivity contribution in [1.29, 1.82) is 0 Å². The average molecular weight is 213 g/mol. The average Bonchev–Trinajstić information content (AvgIpc) is 2.14. The van der Waals surface area contributed by atoms with E-state index in [4.69, 9.17) is 0 Å². The summed E-state index contributed by atoms with van der Waals surface area (Å²) >= 11 is 0. The molecular formula is C13H27NO. The zero-order valence-electron chi connectivity index (χ0n) is 10.8. The molecule has 2 nitrogen and oxygen atoms in total. The van der Waals surface area contributed by atoms with Crippen molar-refractivity contribution in [2.24, 2.45) is 5.41 Å². The summed E-state index contributed by atoms with van der Waals surface area (Å²) in [5.74, 6) is 0. The molecule has 0 saturated carbocycles. The van der Waals surface area contributed by atoms with Crippen molar-refractivity contribution in [1.82, 2.24) is 4.90 Å². The molecule has 2 unspecified atom stereocenters. The van der Waals surface area contributed by atoms with Gasteiger partial charge in [0.2, 0.25) is 0 Å². The van der Waals surface area contributed by atoms with Crippen LogP contribution in [0.25, 0.3) is 0 Å². The SMILES string of the molecule is CC1CCCCN1CCC(O)C(C)(C)C. The summed E-state index contributed by atoms with van der Waals surface area (Å²) in [6, 6.07) is 0.714. The van der Waals surface area contributed by atoms with Crippen LogP contribution in [0.3, 0.4) is 0 Å². The lowest BCUT2D eigenvalue weighted by Gasteiger charge is -2.35. The van der Waals surface area contributed by atoms with E-state index in [1.165, 1.54) is 25.8 Å². The Morgan fingerprint density at radius 3 is 2.53 bits per heavy atom. The molecule has 1 rings (SSSR count). The van der Waals surface area contributed by atoms with Gasteiger partial charge < -0.3 is 10.0 Å². The van der Waals surface area contributed by atoms with Gasteiger partial charge in [-0.25, -0.2) is 0 Å². The lowest BCUT2D eigenvalue weighted by molar-refractivity contribution is 0.0373. The van der Waals surface area contributed by atoms with Crippen LogP contribution in [-0.2, 0) is 0 Å². The molecule has 0 radical (unpaired) electrons. The van der Waals surface area contributed by atoms with Crippen molar-refractivity contribution in [3.8, 4) is 0 Å². The second-order valence-electron chi connectivity index (χ2n) is 6.05. The van der Waals surface area contributed by atoms with Crippen LogP contribution in [0.2, 0.25) is 0 Å². The van der Waals surface area contributed by atoms with E-state index in [0.29, 0.717) is 6.04 Å². The van der Waals surface area contributed by atoms with Crippen molar-refractivity contribution in [3.05, 3.63) is 0 Å². The minimum atomic E-state index is -0.174. The van der Waals surface area contributed by atoms with E-state index in [-0.39, 0.29) is 11.5 Å². The maximum Gasteiger partial charge on any atom is 0.0600 e. The van der Waals surface area contributed by atoms with Gasteiger partial charge >= 0.3 is 0 Å². The van der Waals surface area contributed by atoms with Crippen molar-refractivity contribution < 1.29 is 5.11 Å². The van der Waals surface area contributed by atoms with E-state index in [9.17, 15) is 5.11 Å². The second kappa shape index (κ2) is 5.31. The van der Waals surface area contributed by atoms with E-state index < -0.39 is 0 Å². The molecule has 15 heavy (non-hydrogen) atoms. The molecule has 0 aliphatic carbocycles. The van der Waals surface area contributed by atoms with Crippen LogP contribution in [0, 0.1) is 5.41 Å². The molecule has 0 bridgehead atoms. The summed E-state index contributed by atoms with van der Waals surface area (Å²) in [6.45, 7) is 10.9. The van der Waals surface area contributed by atoms with Crippen LogP contribution in [-0.4, -0.2) is 35.2 Å². The van der Waals surface area contributed by atoms with Gasteiger partial charge in [-0.15, -0.1) is 0 Å². The first-order valence-electron chi connectivity index (χ1n) is 6.33. The summed E-state index contributed by atoms with van der Waals surface area (Å²) in [4.78, 5) is 2.53. The van der Waals surface area contributed by atoms with Crippen LogP contribution in [0.4, 0.5) is 0 Å². The molecule has 2 heteroatoms. The summed E-state index contributed by atoms with van der Waals surface area (Å²) in [5.41, 5.74) is 0.0268. The molecule has 0 amide bonds. The van der Waals surface area contributed by atoms with E-state index >= 15 is 0 Å². The Morgan fingerprint density at radius 2 is 2.00 bits per heavy atom. The lowest BCUT2D eigenvalue weighted by Crippen LogP contribution is -2.40. The fourth-order valence-corrected chi connectivity index (χ4v) is 2.21. The zero-order chi connectivity index (χ0) is 11.5. The topological polar surface area (TPSA) is 23.5 Å². The van der Waals surface area contributed by atoms with E-state index in [0.717, 1.165) is 13.0 Å². The molecular weight excluding hydrogens is 186 g/mol. The number of likely N-dealkylation sites (tertiary alicyclic amines) is 1. The van der Waals surface area contributed by atoms with Crippen molar-refractivity contribution in [3.63, 3.8) is 0 Å². The fraction of sp³-hybridized carbons (Fsp3) is 1.00. The first-order valence-corrected chi connectivity index (χ1v) is 6.33. The van der Waals surface area contributed by atoms with Gasteiger partial charge in [0.25, 0.3) is 0 Å². The predicted octanol–water partition coefficient (Wildman–Crippen LogP) is 2.66. The standard InChI is InChI=1S/C13H27NO/c1-11-7-5-6-9-14(11)10-8-12(15)13(2,3)4/h11-12,15H,5-10H2,1-4H3. The van der Waals surface area contributed by atoms with Crippen LogP contribution in [0.15, 0.2) is 0 Å². The van der Waals surface area contributed by atoms with Crippen molar-refractivity contribution >= 4 is 0 Å². The molecule has 1 saturated heterocycles. The van der Waals surface area contributed by atoms with Gasteiger partial charge in [-0.05, 0) is 38.1 Å². The largest absolute Gasteiger partial charge is 0.393 e. The lowest BCUT2D eigenvalue weighted by atomic mass is 9.87. The summed E-state index contributed by atoms with van der Waals surface area (Å²) in [5, 5.41) is 9.98. The third-order valence-corrected chi connectivity index (χ3v) is 3.63. The Balaban J connectivity index is 2.29. The van der Waals surface area contributed by atoms with Crippen molar-refractivity contribution in [2.75, 3.05) is 13.1 Å². The van der Waals surface area contributed by atoms with E-state index in [1.54, 1.807) is 0 Å². The minimum absolute atomic E-state index is 0.0268. The third kappa shape index (κ3) is 4.12. The maximum absolute atomic E-state index is 9.98. The Kier molecular flexibility index (Phi) is 4.60. The van der Waals surface area contributed by atoms with Gasteiger partial charge in [0.1, 0.15) is 0 Å². The Hall–Kier alpha value is -0.0800. The quantitative estimate of drug-likeness (QED) is 0.779. The van der Waals surface area contributed by atoms with Crippen LogP contribution < -0.4 is 0 Å². The Bertz CT molecular complexity index is 185. The molecule has 1 N–H and O–H groups in total. The highest BCUT2D eigenvalue weighted by atomic mass is 16.3. The highest BCUT2D eigenvalue weighted by molar-refractivity contribution is 4.77. The minimum Gasteiger partial charge on any atom is -0.393 e. The molecule has 0 aromatic rings. The summed E-state index contributed by atoms with van der Waals surface area (Å²) < 4.78 is 0. The number of aliphatic hydroxyl groups excluding tert-OH is 1. The molecule has 1 aliphatic heterocycles. The smallest absolute Gasteiger partial charge is 0.0600 e.